The maximum absolute atomic E-state index is 10.00. The fourth-order valence-corrected chi connectivity index (χ4v) is 1.87. The second kappa shape index (κ2) is 9.47. The van der Waals surface area contributed by atoms with Gasteiger partial charge in [0, 0.05) is 14.1 Å². The van der Waals surface area contributed by atoms with Crippen LogP contribution in [0.25, 0.3) is 0 Å². The van der Waals surface area contributed by atoms with Crippen molar-refractivity contribution in [2.24, 2.45) is 4.99 Å². The number of aliphatic hydroxyl groups is 1. The van der Waals surface area contributed by atoms with Crippen molar-refractivity contribution in [3.8, 4) is 0 Å². The first-order valence-electron chi connectivity index (χ1n) is 6.88. The standard InChI is InChI=1S/C16H21N3O2.HI/c1-19(2)16(17-11-13-7-4-3-5-8-13)18-12-14(20)15-9-6-10-21-15;/h3-10,14,20H,11-12H2,1-2H3,(H,17,18);1H. The molecule has 0 fully saturated rings. The van der Waals surface area contributed by atoms with E-state index in [1.54, 1.807) is 18.4 Å². The van der Waals surface area contributed by atoms with Gasteiger partial charge in [0.05, 0.1) is 19.4 Å². The molecule has 1 aromatic carbocycles. The number of halogens is 1. The number of hydrogen-bond donors (Lipinski definition) is 2. The summed E-state index contributed by atoms with van der Waals surface area (Å²) in [5, 5.41) is 13.1. The highest BCUT2D eigenvalue weighted by molar-refractivity contribution is 14.0. The van der Waals surface area contributed by atoms with Gasteiger partial charge in [-0.05, 0) is 17.7 Å². The minimum absolute atomic E-state index is 0. The summed E-state index contributed by atoms with van der Waals surface area (Å²) >= 11 is 0. The first-order valence-corrected chi connectivity index (χ1v) is 6.88. The summed E-state index contributed by atoms with van der Waals surface area (Å²) in [4.78, 5) is 6.42. The maximum Gasteiger partial charge on any atom is 0.193 e. The van der Waals surface area contributed by atoms with Crippen molar-refractivity contribution < 1.29 is 9.52 Å². The Bertz CT molecular complexity index is 556. The molecule has 0 aliphatic heterocycles. The number of aliphatic imine (C=N–C) groups is 1. The smallest absolute Gasteiger partial charge is 0.193 e. The molecule has 2 N–H and O–H groups in total. The van der Waals surface area contributed by atoms with Crippen molar-refractivity contribution in [3.63, 3.8) is 0 Å². The van der Waals surface area contributed by atoms with Gasteiger partial charge in [-0.3, -0.25) is 0 Å². The highest BCUT2D eigenvalue weighted by Crippen LogP contribution is 2.11. The van der Waals surface area contributed by atoms with Crippen LogP contribution in [0.15, 0.2) is 58.1 Å². The van der Waals surface area contributed by atoms with E-state index in [9.17, 15) is 5.11 Å². The Hall–Kier alpha value is -1.54. The Morgan fingerprint density at radius 2 is 1.95 bits per heavy atom. The molecule has 0 aliphatic rings. The second-order valence-electron chi connectivity index (χ2n) is 4.93. The molecular formula is C16H22IN3O2. The highest BCUT2D eigenvalue weighted by Gasteiger charge is 2.11. The second-order valence-corrected chi connectivity index (χ2v) is 4.93. The molecule has 1 aromatic heterocycles. The lowest BCUT2D eigenvalue weighted by Gasteiger charge is -2.19. The number of nitrogens with zero attached hydrogens (tertiary/aromatic N) is 2. The third-order valence-electron chi connectivity index (χ3n) is 3.00. The van der Waals surface area contributed by atoms with Crippen LogP contribution in [0.1, 0.15) is 17.4 Å². The number of aliphatic hydroxyl groups excluding tert-OH is 1. The monoisotopic (exact) mass is 415 g/mol. The predicted molar refractivity (Wildman–Crippen MR) is 98.4 cm³/mol. The third kappa shape index (κ3) is 5.69. The van der Waals surface area contributed by atoms with Crippen molar-refractivity contribution in [1.29, 1.82) is 0 Å². The number of hydrogen-bond acceptors (Lipinski definition) is 3. The van der Waals surface area contributed by atoms with Crippen LogP contribution in [0.2, 0.25) is 0 Å². The van der Waals surface area contributed by atoms with Crippen LogP contribution in [-0.2, 0) is 6.54 Å². The molecule has 6 heteroatoms. The molecule has 22 heavy (non-hydrogen) atoms. The molecule has 1 unspecified atom stereocenters. The lowest BCUT2D eigenvalue weighted by molar-refractivity contribution is 0.152. The van der Waals surface area contributed by atoms with Crippen molar-refractivity contribution >= 4 is 29.9 Å². The average Bonchev–Trinajstić information content (AvgIpc) is 3.02. The summed E-state index contributed by atoms with van der Waals surface area (Å²) in [5.41, 5.74) is 1.14. The molecule has 0 spiro atoms. The van der Waals surface area contributed by atoms with Gasteiger partial charge in [0.2, 0.25) is 0 Å². The first-order chi connectivity index (χ1) is 10.2. The summed E-state index contributed by atoms with van der Waals surface area (Å²) < 4.78 is 5.17. The Morgan fingerprint density at radius 1 is 1.23 bits per heavy atom. The zero-order chi connectivity index (χ0) is 15.1. The lowest BCUT2D eigenvalue weighted by Crippen LogP contribution is -2.38. The molecule has 0 saturated carbocycles. The van der Waals surface area contributed by atoms with Gasteiger partial charge in [-0.2, -0.15) is 0 Å². The molecule has 120 valence electrons. The maximum atomic E-state index is 10.00. The molecule has 1 atom stereocenters. The van der Waals surface area contributed by atoms with Gasteiger partial charge >= 0.3 is 0 Å². The van der Waals surface area contributed by atoms with E-state index in [1.165, 1.54) is 0 Å². The van der Waals surface area contributed by atoms with Crippen LogP contribution >= 0.6 is 24.0 Å². The van der Waals surface area contributed by atoms with Gasteiger partial charge in [0.1, 0.15) is 11.9 Å². The molecule has 2 aromatic rings. The van der Waals surface area contributed by atoms with Crippen LogP contribution in [0.3, 0.4) is 0 Å². The number of nitrogens with one attached hydrogen (secondary N) is 1. The lowest BCUT2D eigenvalue weighted by atomic mass is 10.2. The molecule has 0 bridgehead atoms. The van der Waals surface area contributed by atoms with Gasteiger partial charge in [0.15, 0.2) is 5.96 Å². The topological polar surface area (TPSA) is 61.0 Å². The summed E-state index contributed by atoms with van der Waals surface area (Å²) in [7, 11) is 3.83. The van der Waals surface area contributed by atoms with E-state index in [4.69, 9.17) is 4.42 Å². The minimum atomic E-state index is -0.693. The van der Waals surface area contributed by atoms with Crippen molar-refractivity contribution in [1.82, 2.24) is 10.2 Å². The van der Waals surface area contributed by atoms with Gasteiger partial charge in [0.25, 0.3) is 0 Å². The molecule has 1 heterocycles. The molecule has 2 rings (SSSR count). The minimum Gasteiger partial charge on any atom is -0.467 e. The van der Waals surface area contributed by atoms with E-state index >= 15 is 0 Å². The molecule has 0 radical (unpaired) electrons. The average molecular weight is 415 g/mol. The number of guanidine groups is 1. The van der Waals surface area contributed by atoms with E-state index in [0.29, 0.717) is 18.8 Å². The molecule has 0 saturated heterocycles. The largest absolute Gasteiger partial charge is 0.467 e. The number of rotatable bonds is 5. The predicted octanol–water partition coefficient (Wildman–Crippen LogP) is 2.64. The number of benzene rings is 1. The number of furan rings is 1. The normalized spacial score (nSPS) is 12.4. The van der Waals surface area contributed by atoms with Crippen molar-refractivity contribution in [2.75, 3.05) is 20.6 Å². The van der Waals surface area contributed by atoms with E-state index in [-0.39, 0.29) is 24.0 Å². The summed E-state index contributed by atoms with van der Waals surface area (Å²) in [5.74, 6) is 1.27. The molecule has 0 amide bonds. The van der Waals surface area contributed by atoms with Crippen LogP contribution in [0.5, 0.6) is 0 Å². The van der Waals surface area contributed by atoms with E-state index in [0.717, 1.165) is 11.5 Å². The summed E-state index contributed by atoms with van der Waals surface area (Å²) in [6.07, 6.45) is 0.858. The summed E-state index contributed by atoms with van der Waals surface area (Å²) in [6.45, 7) is 0.942. The molecule has 5 nitrogen and oxygen atoms in total. The first kappa shape index (κ1) is 18.5. The Morgan fingerprint density at radius 3 is 2.55 bits per heavy atom. The summed E-state index contributed by atoms with van der Waals surface area (Å²) in [6, 6.07) is 13.6. The fourth-order valence-electron chi connectivity index (χ4n) is 1.87. The Labute approximate surface area is 148 Å². The van der Waals surface area contributed by atoms with Crippen molar-refractivity contribution in [3.05, 3.63) is 60.1 Å². The van der Waals surface area contributed by atoms with Crippen LogP contribution in [-0.4, -0.2) is 36.6 Å². The van der Waals surface area contributed by atoms with Crippen LogP contribution in [0, 0.1) is 0 Å². The highest BCUT2D eigenvalue weighted by atomic mass is 127. The SMILES string of the molecule is CN(C)C(=NCc1ccccc1)NCC(O)c1ccco1.I. The zero-order valence-corrected chi connectivity index (χ0v) is 15.1. The molecular weight excluding hydrogens is 393 g/mol. The Balaban J connectivity index is 0.00000242. The quantitative estimate of drug-likeness (QED) is 0.448. The Kier molecular flexibility index (Phi) is 7.97. The van der Waals surface area contributed by atoms with E-state index in [1.807, 2.05) is 49.3 Å². The van der Waals surface area contributed by atoms with Crippen LogP contribution in [0.4, 0.5) is 0 Å². The van der Waals surface area contributed by atoms with Gasteiger partial charge < -0.3 is 19.7 Å². The van der Waals surface area contributed by atoms with Gasteiger partial charge in [-0.15, -0.1) is 24.0 Å². The fraction of sp³-hybridized carbons (Fsp3) is 0.312. The van der Waals surface area contributed by atoms with Gasteiger partial charge in [-0.1, -0.05) is 30.3 Å². The third-order valence-corrected chi connectivity index (χ3v) is 3.00. The van der Waals surface area contributed by atoms with Crippen molar-refractivity contribution in [2.45, 2.75) is 12.6 Å². The van der Waals surface area contributed by atoms with Gasteiger partial charge in [-0.25, -0.2) is 4.99 Å². The zero-order valence-electron chi connectivity index (χ0n) is 12.8. The molecule has 0 aliphatic carbocycles. The van der Waals surface area contributed by atoms with E-state index < -0.39 is 6.10 Å². The van der Waals surface area contributed by atoms with E-state index in [2.05, 4.69) is 10.3 Å². The van der Waals surface area contributed by atoms with Crippen LogP contribution < -0.4 is 5.32 Å².